The van der Waals surface area contributed by atoms with Gasteiger partial charge in [-0.15, -0.1) is 0 Å². The van der Waals surface area contributed by atoms with Crippen molar-refractivity contribution in [1.82, 2.24) is 5.32 Å². The van der Waals surface area contributed by atoms with Crippen molar-refractivity contribution in [2.24, 2.45) is 5.92 Å². The molecule has 0 saturated heterocycles. The Morgan fingerprint density at radius 2 is 2.13 bits per heavy atom. The maximum absolute atomic E-state index is 3.55. The fourth-order valence-corrected chi connectivity index (χ4v) is 2.14. The molecule has 0 spiro atoms. The minimum atomic E-state index is 0.854. The average Bonchev–Trinajstić information content (AvgIpc) is 2.24. The molecule has 1 aliphatic rings. The highest BCUT2D eigenvalue weighted by Crippen LogP contribution is 2.19. The van der Waals surface area contributed by atoms with Gasteiger partial charge in [0, 0.05) is 0 Å². The standard InChI is InChI=1S/C14H27N/c1-13(2)7-6-11-15-12-10-14-8-4-3-5-9-14/h8,13,15H,3-7,9-12H2,1-2H3. The normalized spacial score (nSPS) is 16.9. The maximum Gasteiger partial charge on any atom is -0.00116 e. The number of hydrogen-bond acceptors (Lipinski definition) is 1. The summed E-state index contributed by atoms with van der Waals surface area (Å²) in [6.45, 7) is 6.98. The van der Waals surface area contributed by atoms with E-state index in [0.717, 1.165) is 5.92 Å². The van der Waals surface area contributed by atoms with Gasteiger partial charge in [0.05, 0.1) is 0 Å². The van der Waals surface area contributed by atoms with Crippen molar-refractivity contribution in [2.75, 3.05) is 13.1 Å². The van der Waals surface area contributed by atoms with Crippen LogP contribution in [0.3, 0.4) is 0 Å². The number of nitrogens with one attached hydrogen (secondary N) is 1. The van der Waals surface area contributed by atoms with E-state index in [9.17, 15) is 0 Å². The molecule has 0 radical (unpaired) electrons. The van der Waals surface area contributed by atoms with Crippen LogP contribution in [0.25, 0.3) is 0 Å². The first-order valence-corrected chi connectivity index (χ1v) is 6.67. The molecule has 0 saturated carbocycles. The topological polar surface area (TPSA) is 12.0 Å². The lowest BCUT2D eigenvalue weighted by molar-refractivity contribution is 0.526. The molecular weight excluding hydrogens is 182 g/mol. The molecule has 15 heavy (non-hydrogen) atoms. The van der Waals surface area contributed by atoms with Crippen LogP contribution in [0.15, 0.2) is 11.6 Å². The fourth-order valence-electron chi connectivity index (χ4n) is 2.14. The third kappa shape index (κ3) is 6.72. The van der Waals surface area contributed by atoms with Gasteiger partial charge in [0.25, 0.3) is 0 Å². The second-order valence-corrected chi connectivity index (χ2v) is 5.14. The van der Waals surface area contributed by atoms with Crippen molar-refractivity contribution < 1.29 is 0 Å². The van der Waals surface area contributed by atoms with Gasteiger partial charge in [0.2, 0.25) is 0 Å². The summed E-state index contributed by atoms with van der Waals surface area (Å²) in [6, 6.07) is 0. The number of allylic oxidation sites excluding steroid dienone is 1. The van der Waals surface area contributed by atoms with Gasteiger partial charge >= 0.3 is 0 Å². The summed E-state index contributed by atoms with van der Waals surface area (Å²) in [5.41, 5.74) is 1.69. The Labute approximate surface area is 95.3 Å². The predicted molar refractivity (Wildman–Crippen MR) is 68.1 cm³/mol. The molecule has 0 aromatic rings. The van der Waals surface area contributed by atoms with E-state index in [1.807, 2.05) is 0 Å². The summed E-state index contributed by atoms with van der Waals surface area (Å²) in [4.78, 5) is 0. The molecule has 0 unspecified atom stereocenters. The Balaban J connectivity index is 1.90. The molecule has 0 heterocycles. The third-order valence-electron chi connectivity index (χ3n) is 3.14. The highest BCUT2D eigenvalue weighted by Gasteiger charge is 2.02. The summed E-state index contributed by atoms with van der Waals surface area (Å²) < 4.78 is 0. The molecule has 0 aromatic carbocycles. The molecule has 88 valence electrons. The van der Waals surface area contributed by atoms with E-state index in [0.29, 0.717) is 0 Å². The lowest BCUT2D eigenvalue weighted by Crippen LogP contribution is -2.17. The Bertz CT molecular complexity index is 182. The minimum absolute atomic E-state index is 0.854. The quantitative estimate of drug-likeness (QED) is 0.495. The summed E-state index contributed by atoms with van der Waals surface area (Å²) in [6.07, 6.45) is 11.9. The van der Waals surface area contributed by atoms with Gasteiger partial charge < -0.3 is 5.32 Å². The first-order valence-electron chi connectivity index (χ1n) is 6.67. The molecule has 0 fully saturated rings. The monoisotopic (exact) mass is 209 g/mol. The molecule has 1 nitrogen and oxygen atoms in total. The van der Waals surface area contributed by atoms with Crippen molar-refractivity contribution in [3.63, 3.8) is 0 Å². The lowest BCUT2D eigenvalue weighted by Gasteiger charge is -2.13. The Morgan fingerprint density at radius 3 is 2.80 bits per heavy atom. The fraction of sp³-hybridized carbons (Fsp3) is 0.857. The Morgan fingerprint density at radius 1 is 1.27 bits per heavy atom. The smallest absolute Gasteiger partial charge is 0.00116 e. The molecule has 0 aliphatic heterocycles. The number of rotatable bonds is 7. The van der Waals surface area contributed by atoms with Gasteiger partial charge in [-0.2, -0.15) is 0 Å². The Kier molecular flexibility index (Phi) is 6.74. The van der Waals surface area contributed by atoms with Gasteiger partial charge in [0.15, 0.2) is 0 Å². The van der Waals surface area contributed by atoms with Crippen LogP contribution in [0, 0.1) is 5.92 Å². The SMILES string of the molecule is CC(C)CCCNCCC1=CCCCC1. The Hall–Kier alpha value is -0.300. The van der Waals surface area contributed by atoms with E-state index in [2.05, 4.69) is 25.2 Å². The van der Waals surface area contributed by atoms with Crippen molar-refractivity contribution in [1.29, 1.82) is 0 Å². The second-order valence-electron chi connectivity index (χ2n) is 5.14. The third-order valence-corrected chi connectivity index (χ3v) is 3.14. The highest BCUT2D eigenvalue weighted by molar-refractivity contribution is 5.05. The molecule has 0 aromatic heterocycles. The van der Waals surface area contributed by atoms with Crippen molar-refractivity contribution >= 4 is 0 Å². The summed E-state index contributed by atoms with van der Waals surface area (Å²) >= 11 is 0. The van der Waals surface area contributed by atoms with E-state index in [4.69, 9.17) is 0 Å². The van der Waals surface area contributed by atoms with Gasteiger partial charge in [-0.3, -0.25) is 0 Å². The van der Waals surface area contributed by atoms with Gasteiger partial charge in [-0.05, 0) is 64.0 Å². The van der Waals surface area contributed by atoms with E-state index in [-0.39, 0.29) is 0 Å². The zero-order valence-electron chi connectivity index (χ0n) is 10.5. The van der Waals surface area contributed by atoms with Crippen LogP contribution in [0.4, 0.5) is 0 Å². The van der Waals surface area contributed by atoms with Crippen molar-refractivity contribution in [3.05, 3.63) is 11.6 Å². The molecule has 1 N–H and O–H groups in total. The molecule has 0 atom stereocenters. The molecule has 0 bridgehead atoms. The molecule has 0 amide bonds. The van der Waals surface area contributed by atoms with E-state index in [1.54, 1.807) is 5.57 Å². The molecule has 1 rings (SSSR count). The van der Waals surface area contributed by atoms with Crippen LogP contribution in [0.5, 0.6) is 0 Å². The summed E-state index contributed by atoms with van der Waals surface area (Å²) in [5, 5.41) is 3.55. The van der Waals surface area contributed by atoms with E-state index >= 15 is 0 Å². The van der Waals surface area contributed by atoms with E-state index < -0.39 is 0 Å². The van der Waals surface area contributed by atoms with Crippen LogP contribution in [-0.2, 0) is 0 Å². The predicted octanol–water partition coefficient (Wildman–Crippen LogP) is 3.90. The summed E-state index contributed by atoms with van der Waals surface area (Å²) in [7, 11) is 0. The zero-order valence-corrected chi connectivity index (χ0v) is 10.5. The van der Waals surface area contributed by atoms with Gasteiger partial charge in [0.1, 0.15) is 0 Å². The van der Waals surface area contributed by atoms with Crippen LogP contribution in [0.2, 0.25) is 0 Å². The summed E-state index contributed by atoms with van der Waals surface area (Å²) in [5.74, 6) is 0.854. The number of hydrogen-bond donors (Lipinski definition) is 1. The molecular formula is C14H27N. The van der Waals surface area contributed by atoms with Crippen LogP contribution in [0.1, 0.15) is 58.8 Å². The van der Waals surface area contributed by atoms with Crippen LogP contribution < -0.4 is 5.32 Å². The van der Waals surface area contributed by atoms with Crippen molar-refractivity contribution in [2.45, 2.75) is 58.8 Å². The van der Waals surface area contributed by atoms with Crippen LogP contribution in [-0.4, -0.2) is 13.1 Å². The van der Waals surface area contributed by atoms with E-state index in [1.165, 1.54) is 58.0 Å². The highest BCUT2D eigenvalue weighted by atomic mass is 14.8. The molecule has 1 heteroatoms. The average molecular weight is 209 g/mol. The first kappa shape index (κ1) is 12.8. The second kappa shape index (κ2) is 7.92. The van der Waals surface area contributed by atoms with Gasteiger partial charge in [-0.25, -0.2) is 0 Å². The lowest BCUT2D eigenvalue weighted by atomic mass is 9.97. The minimum Gasteiger partial charge on any atom is -0.316 e. The maximum atomic E-state index is 3.55. The van der Waals surface area contributed by atoms with Crippen molar-refractivity contribution in [3.8, 4) is 0 Å². The zero-order chi connectivity index (χ0) is 10.9. The molecule has 1 aliphatic carbocycles. The largest absolute Gasteiger partial charge is 0.316 e. The van der Waals surface area contributed by atoms with Gasteiger partial charge in [-0.1, -0.05) is 25.5 Å². The van der Waals surface area contributed by atoms with Crippen LogP contribution >= 0.6 is 0 Å². The first-order chi connectivity index (χ1) is 7.29.